The minimum Gasteiger partial charge on any atom is -0.493 e. The first-order valence-electron chi connectivity index (χ1n) is 10.9. The van der Waals surface area contributed by atoms with E-state index in [0.717, 1.165) is 0 Å². The number of anilines is 1. The van der Waals surface area contributed by atoms with Crippen LogP contribution in [0.4, 0.5) is 5.82 Å². The van der Waals surface area contributed by atoms with Crippen LogP contribution in [0, 0.1) is 0 Å². The fraction of sp³-hybridized carbons (Fsp3) is 0.375. The van der Waals surface area contributed by atoms with Gasteiger partial charge in [-0.05, 0) is 12.1 Å². The molecule has 0 spiro atoms. The molecule has 0 saturated carbocycles. The first kappa shape index (κ1) is 27.3. The molecule has 1 aromatic heterocycles. The summed E-state index contributed by atoms with van der Waals surface area (Å²) in [5, 5.41) is 4.39. The Kier molecular flexibility index (Phi) is 9.54. The Morgan fingerprint density at radius 1 is 1.14 bits per heavy atom. The van der Waals surface area contributed by atoms with Crippen molar-refractivity contribution in [3.8, 4) is 11.5 Å². The molecule has 36 heavy (non-hydrogen) atoms. The van der Waals surface area contributed by atoms with Crippen LogP contribution >= 0.6 is 23.4 Å². The van der Waals surface area contributed by atoms with Crippen LogP contribution in [0.1, 0.15) is 35.6 Å². The van der Waals surface area contributed by atoms with Crippen LogP contribution in [0.15, 0.2) is 30.5 Å². The first-order chi connectivity index (χ1) is 17.3. The summed E-state index contributed by atoms with van der Waals surface area (Å²) in [7, 11) is 4.28. The Balaban J connectivity index is 1.83. The average Bonchev–Trinajstić information content (AvgIpc) is 3.01. The molecule has 2 atom stereocenters. The van der Waals surface area contributed by atoms with Crippen LogP contribution in [0.5, 0.6) is 11.5 Å². The van der Waals surface area contributed by atoms with Crippen molar-refractivity contribution < 1.29 is 33.4 Å². The highest BCUT2D eigenvalue weighted by atomic mass is 35.5. The van der Waals surface area contributed by atoms with Crippen molar-refractivity contribution in [1.82, 2.24) is 10.3 Å². The highest BCUT2D eigenvalue weighted by molar-refractivity contribution is 8.01. The molecule has 1 aliphatic rings. The lowest BCUT2D eigenvalue weighted by atomic mass is 10.0. The molecule has 2 unspecified atom stereocenters. The molecule has 1 aliphatic heterocycles. The number of carbonyl (C=O) groups is 4. The third-order valence-corrected chi connectivity index (χ3v) is 7.10. The minimum absolute atomic E-state index is 0.0505. The van der Waals surface area contributed by atoms with Gasteiger partial charge in [-0.1, -0.05) is 23.7 Å². The summed E-state index contributed by atoms with van der Waals surface area (Å²) in [5.74, 6) is -0.402. The maximum absolute atomic E-state index is 13.0. The zero-order chi connectivity index (χ0) is 26.2. The summed E-state index contributed by atoms with van der Waals surface area (Å²) in [5.41, 5.74) is 1.36. The van der Waals surface area contributed by atoms with E-state index in [0.29, 0.717) is 33.5 Å². The van der Waals surface area contributed by atoms with Gasteiger partial charge in [-0.15, -0.1) is 11.8 Å². The van der Waals surface area contributed by atoms with Gasteiger partial charge in [0.05, 0.1) is 49.8 Å². The van der Waals surface area contributed by atoms with Crippen LogP contribution in [0.25, 0.3) is 0 Å². The fourth-order valence-corrected chi connectivity index (χ4v) is 5.21. The van der Waals surface area contributed by atoms with E-state index in [1.54, 1.807) is 18.2 Å². The zero-order valence-electron chi connectivity index (χ0n) is 20.0. The number of amides is 2. The molecule has 2 heterocycles. The summed E-state index contributed by atoms with van der Waals surface area (Å²) >= 11 is 7.47. The average molecular weight is 536 g/mol. The number of aromatic nitrogens is 1. The van der Waals surface area contributed by atoms with E-state index in [-0.39, 0.29) is 31.6 Å². The van der Waals surface area contributed by atoms with Gasteiger partial charge in [-0.25, -0.2) is 4.98 Å². The number of rotatable bonds is 10. The number of para-hydroxylation sites is 1. The SMILES string of the molecule is COC(=O)CCC(=O)CNC(=O)CC1SC(c2cccc(OC)c2OC)c2cc(Cl)cnc2NC1=O. The number of thioether (sulfide) groups is 1. The molecule has 10 nitrogen and oxygen atoms in total. The predicted molar refractivity (Wildman–Crippen MR) is 135 cm³/mol. The second kappa shape index (κ2) is 12.6. The van der Waals surface area contributed by atoms with Crippen LogP contribution in [-0.4, -0.2) is 61.7 Å². The number of benzene rings is 1. The van der Waals surface area contributed by atoms with Gasteiger partial charge in [-0.3, -0.25) is 19.2 Å². The molecule has 2 aromatic rings. The van der Waals surface area contributed by atoms with Crippen molar-refractivity contribution in [1.29, 1.82) is 0 Å². The second-order valence-corrected chi connectivity index (χ2v) is 9.51. The number of fused-ring (bicyclic) bond motifs is 1. The molecule has 2 amide bonds. The Morgan fingerprint density at radius 3 is 2.61 bits per heavy atom. The monoisotopic (exact) mass is 535 g/mol. The van der Waals surface area contributed by atoms with Crippen molar-refractivity contribution in [3.63, 3.8) is 0 Å². The lowest BCUT2D eigenvalue weighted by molar-refractivity contribution is -0.141. The summed E-state index contributed by atoms with van der Waals surface area (Å²) < 4.78 is 15.6. The third-order valence-electron chi connectivity index (χ3n) is 5.41. The van der Waals surface area contributed by atoms with E-state index >= 15 is 0 Å². The second-order valence-electron chi connectivity index (χ2n) is 7.76. The summed E-state index contributed by atoms with van der Waals surface area (Å²) in [4.78, 5) is 53.1. The van der Waals surface area contributed by atoms with Crippen LogP contribution < -0.4 is 20.1 Å². The Bertz CT molecular complexity index is 1160. The standard InChI is InChI=1S/C24H26ClN3O7S/c1-33-17-6-4-5-15(21(17)35-3)22-16-9-13(25)11-27-23(16)28-24(32)18(36-22)10-19(30)26-12-14(29)7-8-20(31)34-2/h4-6,9,11,18,22H,7-8,10,12H2,1-3H3,(H,26,30)(H,27,28,32). The molecule has 12 heteroatoms. The molecule has 2 N–H and O–H groups in total. The number of nitrogens with zero attached hydrogens (tertiary/aromatic N) is 1. The van der Waals surface area contributed by atoms with Gasteiger partial charge in [0.2, 0.25) is 11.8 Å². The lowest BCUT2D eigenvalue weighted by Crippen LogP contribution is -2.35. The Morgan fingerprint density at radius 2 is 1.92 bits per heavy atom. The van der Waals surface area contributed by atoms with Crippen molar-refractivity contribution in [2.24, 2.45) is 0 Å². The summed E-state index contributed by atoms with van der Waals surface area (Å²) in [6.45, 7) is -0.251. The first-order valence-corrected chi connectivity index (χ1v) is 12.3. The quantitative estimate of drug-likeness (QED) is 0.440. The highest BCUT2D eigenvalue weighted by Crippen LogP contribution is 2.49. The van der Waals surface area contributed by atoms with Crippen LogP contribution in [0.2, 0.25) is 5.02 Å². The number of hydrogen-bond donors (Lipinski definition) is 2. The van der Waals surface area contributed by atoms with E-state index in [2.05, 4.69) is 20.4 Å². The molecular weight excluding hydrogens is 510 g/mol. The van der Waals surface area contributed by atoms with Crippen molar-refractivity contribution in [2.75, 3.05) is 33.2 Å². The highest BCUT2D eigenvalue weighted by Gasteiger charge is 2.35. The number of hydrogen-bond acceptors (Lipinski definition) is 9. The number of ketones is 1. The number of pyridine rings is 1. The summed E-state index contributed by atoms with van der Waals surface area (Å²) in [6, 6.07) is 7.11. The number of esters is 1. The zero-order valence-corrected chi connectivity index (χ0v) is 21.5. The number of halogens is 1. The number of Topliss-reactive ketones (excluding diaryl/α,β-unsaturated/α-hetero) is 1. The molecule has 0 fully saturated rings. The van der Waals surface area contributed by atoms with Gasteiger partial charge in [-0.2, -0.15) is 0 Å². The maximum atomic E-state index is 13.0. The van der Waals surface area contributed by atoms with Crippen LogP contribution in [0.3, 0.4) is 0 Å². The number of ether oxygens (including phenoxy) is 3. The largest absolute Gasteiger partial charge is 0.493 e. The third kappa shape index (κ3) is 6.67. The smallest absolute Gasteiger partial charge is 0.305 e. The van der Waals surface area contributed by atoms with Crippen LogP contribution in [-0.2, 0) is 23.9 Å². The number of carbonyl (C=O) groups excluding carboxylic acids is 4. The number of nitrogens with one attached hydrogen (secondary N) is 2. The molecule has 0 radical (unpaired) electrons. The van der Waals surface area contributed by atoms with Gasteiger partial charge in [0.15, 0.2) is 17.3 Å². The summed E-state index contributed by atoms with van der Waals surface area (Å²) in [6.07, 6.45) is 1.12. The molecule has 0 bridgehead atoms. The van der Waals surface area contributed by atoms with Crippen molar-refractivity contribution in [2.45, 2.75) is 29.8 Å². The molecule has 1 aromatic carbocycles. The van der Waals surface area contributed by atoms with Crippen molar-refractivity contribution in [3.05, 3.63) is 46.6 Å². The molecule has 0 saturated heterocycles. The number of methoxy groups -OCH3 is 3. The normalized spacial score (nSPS) is 16.7. The maximum Gasteiger partial charge on any atom is 0.305 e. The van der Waals surface area contributed by atoms with Gasteiger partial charge in [0.25, 0.3) is 0 Å². The topological polar surface area (TPSA) is 133 Å². The Labute approximate surface area is 217 Å². The fourth-order valence-electron chi connectivity index (χ4n) is 3.63. The van der Waals surface area contributed by atoms with Gasteiger partial charge in [0, 0.05) is 30.2 Å². The molecule has 0 aliphatic carbocycles. The minimum atomic E-state index is -0.816. The lowest BCUT2D eigenvalue weighted by Gasteiger charge is -2.22. The van der Waals surface area contributed by atoms with Gasteiger partial charge < -0.3 is 24.8 Å². The molecule has 3 rings (SSSR count). The van der Waals surface area contributed by atoms with E-state index < -0.39 is 28.3 Å². The van der Waals surface area contributed by atoms with Gasteiger partial charge in [0.1, 0.15) is 5.82 Å². The van der Waals surface area contributed by atoms with E-state index in [1.807, 2.05) is 6.07 Å². The van der Waals surface area contributed by atoms with Crippen molar-refractivity contribution >= 4 is 52.7 Å². The molecular formula is C24H26ClN3O7S. The Hall–Kier alpha value is -3.31. The van der Waals surface area contributed by atoms with E-state index in [4.69, 9.17) is 21.1 Å². The van der Waals surface area contributed by atoms with Gasteiger partial charge >= 0.3 is 5.97 Å². The predicted octanol–water partition coefficient (Wildman–Crippen LogP) is 2.92. The van der Waals surface area contributed by atoms with E-state index in [9.17, 15) is 19.2 Å². The molecule has 192 valence electrons. The van der Waals surface area contributed by atoms with E-state index in [1.165, 1.54) is 39.3 Å².